The zero-order valence-electron chi connectivity index (χ0n) is 16.7. The zero-order valence-corrected chi connectivity index (χ0v) is 16.7. The van der Waals surface area contributed by atoms with E-state index in [2.05, 4.69) is 15.0 Å². The number of hydrogen-bond donors (Lipinski definition) is 1. The average Bonchev–Trinajstić information content (AvgIpc) is 3.46. The van der Waals surface area contributed by atoms with Gasteiger partial charge in [0.15, 0.2) is 5.82 Å². The van der Waals surface area contributed by atoms with Crippen LogP contribution in [-0.2, 0) is 7.05 Å². The lowest BCUT2D eigenvalue weighted by molar-refractivity contribution is 0.0407. The summed E-state index contributed by atoms with van der Waals surface area (Å²) in [5, 5.41) is 13.8. The van der Waals surface area contributed by atoms with Gasteiger partial charge in [-0.1, -0.05) is 12.1 Å². The highest BCUT2D eigenvalue weighted by Crippen LogP contribution is 2.31. The number of nitrogens with zero attached hydrogens (tertiary/aromatic N) is 5. The molecule has 1 aliphatic carbocycles. The van der Waals surface area contributed by atoms with E-state index in [1.807, 2.05) is 43.1 Å². The third-order valence-corrected chi connectivity index (χ3v) is 5.91. The Balaban J connectivity index is 1.43. The Morgan fingerprint density at radius 1 is 1.21 bits per heavy atom. The van der Waals surface area contributed by atoms with Gasteiger partial charge in [0.05, 0.1) is 0 Å². The van der Waals surface area contributed by atoms with E-state index in [4.69, 9.17) is 0 Å². The lowest BCUT2D eigenvalue weighted by Crippen LogP contribution is -2.55. The lowest BCUT2D eigenvalue weighted by Gasteiger charge is -2.41. The number of aromatic nitrogens is 3. The Morgan fingerprint density at radius 2 is 1.96 bits per heavy atom. The van der Waals surface area contributed by atoms with Crippen LogP contribution in [0.5, 0.6) is 0 Å². The maximum atomic E-state index is 13.0. The summed E-state index contributed by atoms with van der Waals surface area (Å²) in [7, 11) is 1.87. The van der Waals surface area contributed by atoms with E-state index in [-0.39, 0.29) is 18.6 Å². The number of aryl methyl sites for hydroxylation is 2. The van der Waals surface area contributed by atoms with Gasteiger partial charge in [-0.3, -0.25) is 14.4 Å². The number of benzene rings is 1. The molecule has 2 heterocycles. The molecule has 1 saturated carbocycles. The summed E-state index contributed by atoms with van der Waals surface area (Å²) in [5.74, 6) is 2.41. The Bertz CT molecular complexity index is 808. The molecule has 2 fully saturated rings. The summed E-state index contributed by atoms with van der Waals surface area (Å²) >= 11 is 0. The molecule has 0 spiro atoms. The normalized spacial score (nSPS) is 20.5. The molecule has 0 bridgehead atoms. The number of hydrogen-bond acceptors (Lipinski definition) is 5. The quantitative estimate of drug-likeness (QED) is 0.822. The Labute approximate surface area is 166 Å². The van der Waals surface area contributed by atoms with Crippen LogP contribution in [0.15, 0.2) is 24.3 Å². The number of aliphatic hydroxyl groups is 1. The molecule has 1 aliphatic heterocycles. The summed E-state index contributed by atoms with van der Waals surface area (Å²) in [6.45, 7) is 5.52. The van der Waals surface area contributed by atoms with Crippen LogP contribution in [0.3, 0.4) is 0 Å². The fourth-order valence-electron chi connectivity index (χ4n) is 3.90. The Kier molecular flexibility index (Phi) is 5.46. The Hall–Kier alpha value is -2.25. The third kappa shape index (κ3) is 4.10. The van der Waals surface area contributed by atoms with E-state index >= 15 is 0 Å². The average molecular weight is 383 g/mol. The van der Waals surface area contributed by atoms with Gasteiger partial charge in [-0.05, 0) is 44.2 Å². The number of amides is 1. The van der Waals surface area contributed by atoms with Crippen LogP contribution in [0, 0.1) is 12.8 Å². The molecule has 1 saturated heterocycles. The first-order valence-corrected chi connectivity index (χ1v) is 10.2. The van der Waals surface area contributed by atoms with Crippen molar-refractivity contribution in [3.8, 4) is 11.4 Å². The summed E-state index contributed by atoms with van der Waals surface area (Å²) in [6.07, 6.45) is 3.37. The molecule has 2 aliphatic rings. The van der Waals surface area contributed by atoms with Gasteiger partial charge in [0.2, 0.25) is 0 Å². The van der Waals surface area contributed by atoms with Crippen LogP contribution in [0.25, 0.3) is 11.4 Å². The second-order valence-electron chi connectivity index (χ2n) is 8.04. The second kappa shape index (κ2) is 8.01. The number of piperazine rings is 1. The summed E-state index contributed by atoms with van der Waals surface area (Å²) < 4.78 is 1.75. The highest BCUT2D eigenvalue weighted by atomic mass is 16.3. The summed E-state index contributed by atoms with van der Waals surface area (Å²) in [4.78, 5) is 21.8. The van der Waals surface area contributed by atoms with E-state index in [1.165, 1.54) is 12.8 Å². The monoisotopic (exact) mass is 383 g/mol. The minimum atomic E-state index is 0.0609. The largest absolute Gasteiger partial charge is 0.396 e. The fraction of sp³-hybridized carbons (Fsp3) is 0.571. The summed E-state index contributed by atoms with van der Waals surface area (Å²) in [6, 6.07) is 7.80. The van der Waals surface area contributed by atoms with Gasteiger partial charge in [0.25, 0.3) is 5.91 Å². The van der Waals surface area contributed by atoms with Gasteiger partial charge < -0.3 is 10.0 Å². The van der Waals surface area contributed by atoms with E-state index in [9.17, 15) is 9.90 Å². The van der Waals surface area contributed by atoms with Crippen LogP contribution in [0.1, 0.15) is 35.4 Å². The van der Waals surface area contributed by atoms with Crippen LogP contribution < -0.4 is 0 Å². The number of aliphatic hydroxyl groups excluding tert-OH is 1. The first-order valence-electron chi connectivity index (χ1n) is 10.2. The molecule has 1 aromatic carbocycles. The van der Waals surface area contributed by atoms with Gasteiger partial charge in [0, 0.05) is 57.0 Å². The highest BCUT2D eigenvalue weighted by molar-refractivity contribution is 5.94. The van der Waals surface area contributed by atoms with Crippen LogP contribution >= 0.6 is 0 Å². The number of rotatable bonds is 6. The van der Waals surface area contributed by atoms with Crippen molar-refractivity contribution in [2.45, 2.75) is 32.2 Å². The van der Waals surface area contributed by atoms with Gasteiger partial charge in [-0.15, -0.1) is 0 Å². The van der Waals surface area contributed by atoms with Crippen molar-refractivity contribution in [2.75, 3.05) is 32.8 Å². The van der Waals surface area contributed by atoms with Gasteiger partial charge >= 0.3 is 0 Å². The first-order chi connectivity index (χ1) is 13.5. The van der Waals surface area contributed by atoms with E-state index in [0.29, 0.717) is 17.9 Å². The van der Waals surface area contributed by atoms with E-state index in [1.54, 1.807) is 4.68 Å². The molecule has 1 N–H and O–H groups in total. The van der Waals surface area contributed by atoms with Crippen molar-refractivity contribution in [3.05, 3.63) is 35.7 Å². The fourth-order valence-corrected chi connectivity index (χ4v) is 3.90. The van der Waals surface area contributed by atoms with E-state index < -0.39 is 0 Å². The molecule has 150 valence electrons. The highest BCUT2D eigenvalue weighted by Gasteiger charge is 2.33. The standard InChI is InChI=1S/C21H29N5O2/c1-15-22-20(23-24(15)2)17-5-7-18(8-6-17)21(28)26-11-10-25(13-16-3-4-16)19(14-26)9-12-27/h5-8,16,19,27H,3-4,9-14H2,1-2H3. The van der Waals surface area contributed by atoms with Crippen molar-refractivity contribution in [1.82, 2.24) is 24.6 Å². The Morgan fingerprint density at radius 3 is 2.57 bits per heavy atom. The second-order valence-corrected chi connectivity index (χ2v) is 8.04. The topological polar surface area (TPSA) is 74.5 Å². The van der Waals surface area contributed by atoms with Crippen molar-refractivity contribution in [3.63, 3.8) is 0 Å². The van der Waals surface area contributed by atoms with Gasteiger partial charge in [-0.25, -0.2) is 4.98 Å². The predicted molar refractivity (Wildman–Crippen MR) is 107 cm³/mol. The molecule has 7 heteroatoms. The molecule has 1 atom stereocenters. The predicted octanol–water partition coefficient (Wildman–Crippen LogP) is 1.71. The number of carbonyl (C=O) groups excluding carboxylic acids is 1. The molecule has 28 heavy (non-hydrogen) atoms. The van der Waals surface area contributed by atoms with Gasteiger partial charge in [-0.2, -0.15) is 5.10 Å². The summed E-state index contributed by atoms with van der Waals surface area (Å²) in [5.41, 5.74) is 1.60. The molecular formula is C21H29N5O2. The smallest absolute Gasteiger partial charge is 0.253 e. The van der Waals surface area contributed by atoms with Gasteiger partial charge in [0.1, 0.15) is 5.82 Å². The zero-order chi connectivity index (χ0) is 19.7. The van der Waals surface area contributed by atoms with Crippen LogP contribution in [0.2, 0.25) is 0 Å². The molecule has 1 aromatic heterocycles. The third-order valence-electron chi connectivity index (χ3n) is 5.91. The first kappa shape index (κ1) is 19.1. The minimum absolute atomic E-state index is 0.0609. The minimum Gasteiger partial charge on any atom is -0.396 e. The molecule has 1 amide bonds. The van der Waals surface area contributed by atoms with E-state index in [0.717, 1.165) is 43.4 Å². The molecular weight excluding hydrogens is 354 g/mol. The van der Waals surface area contributed by atoms with Crippen molar-refractivity contribution >= 4 is 5.91 Å². The SMILES string of the molecule is Cc1nc(-c2ccc(C(=O)N3CCN(CC4CC4)C(CCO)C3)cc2)nn1C. The molecule has 0 radical (unpaired) electrons. The molecule has 7 nitrogen and oxygen atoms in total. The van der Waals surface area contributed by atoms with Crippen molar-refractivity contribution in [2.24, 2.45) is 13.0 Å². The molecule has 4 rings (SSSR count). The molecule has 2 aromatic rings. The van der Waals surface area contributed by atoms with Crippen molar-refractivity contribution in [1.29, 1.82) is 0 Å². The molecule has 1 unspecified atom stereocenters. The van der Waals surface area contributed by atoms with Crippen LogP contribution in [0.4, 0.5) is 0 Å². The number of carbonyl (C=O) groups is 1. The van der Waals surface area contributed by atoms with Crippen LogP contribution in [-0.4, -0.2) is 74.4 Å². The maximum absolute atomic E-state index is 13.0. The lowest BCUT2D eigenvalue weighted by atomic mass is 10.1. The van der Waals surface area contributed by atoms with Crippen molar-refractivity contribution < 1.29 is 9.90 Å². The maximum Gasteiger partial charge on any atom is 0.253 e.